The molecule has 0 unspecified atom stereocenters. The van der Waals surface area contributed by atoms with E-state index in [0.717, 1.165) is 12.0 Å². The molecule has 3 amide bonds. The van der Waals surface area contributed by atoms with E-state index in [-0.39, 0.29) is 49.0 Å². The van der Waals surface area contributed by atoms with E-state index in [1.54, 1.807) is 66.8 Å². The average Bonchev–Trinajstić information content (AvgIpc) is 2.99. The Bertz CT molecular complexity index is 1400. The largest absolute Gasteiger partial charge is 0.496 e. The van der Waals surface area contributed by atoms with Gasteiger partial charge in [-0.05, 0) is 67.3 Å². The number of ether oxygens (including phenoxy) is 3. The average molecular weight is 559 g/mol. The van der Waals surface area contributed by atoms with E-state index in [1.165, 1.54) is 7.11 Å². The van der Waals surface area contributed by atoms with Gasteiger partial charge in [0.15, 0.2) is 0 Å². The smallest absolute Gasteiger partial charge is 0.259 e. The summed E-state index contributed by atoms with van der Waals surface area (Å²) in [5, 5.41) is 5.81. The first-order valence-electron chi connectivity index (χ1n) is 13.7. The van der Waals surface area contributed by atoms with Crippen LogP contribution >= 0.6 is 0 Å². The molecular formula is C31H34N4O6. The van der Waals surface area contributed by atoms with Gasteiger partial charge < -0.3 is 29.7 Å². The first kappa shape index (κ1) is 28.1. The maximum absolute atomic E-state index is 13.5. The van der Waals surface area contributed by atoms with E-state index in [4.69, 9.17) is 14.2 Å². The third-order valence-corrected chi connectivity index (χ3v) is 7.52. The molecule has 3 heterocycles. The molecule has 1 aromatic heterocycles. The monoisotopic (exact) mass is 558 g/mol. The quantitative estimate of drug-likeness (QED) is 0.435. The van der Waals surface area contributed by atoms with E-state index in [0.29, 0.717) is 47.7 Å². The zero-order chi connectivity index (χ0) is 28.8. The summed E-state index contributed by atoms with van der Waals surface area (Å²) in [7, 11) is 3.26. The molecule has 2 aliphatic rings. The minimum Gasteiger partial charge on any atom is -0.496 e. The van der Waals surface area contributed by atoms with Gasteiger partial charge in [-0.1, -0.05) is 12.1 Å². The van der Waals surface area contributed by atoms with Gasteiger partial charge >= 0.3 is 0 Å². The van der Waals surface area contributed by atoms with Gasteiger partial charge in [-0.3, -0.25) is 19.4 Å². The highest BCUT2D eigenvalue weighted by atomic mass is 16.5. The standard InChI is InChI=1S/C31H34N4O6/c1-35-25-9-8-22(18-29(36)33-16-13-20-11-14-32-15-12-20)41-28(25)19-40-27-10-7-21(17-24(27)31(35)38)34-30(37)23-5-3-4-6-26(23)39-2/h3-7,10-12,14-15,17,22,25,28H,8-9,13,16,18-19H2,1-2H3,(H,33,36)(H,34,37)/t22-,25+,28+/m1/s1. The van der Waals surface area contributed by atoms with Crippen molar-refractivity contribution in [2.45, 2.75) is 43.9 Å². The van der Waals surface area contributed by atoms with Crippen molar-refractivity contribution in [2.75, 3.05) is 32.6 Å². The number of hydrogen-bond donors (Lipinski definition) is 2. The number of likely N-dealkylation sites (N-methyl/N-ethyl adjacent to an activating group) is 1. The fourth-order valence-electron chi connectivity index (χ4n) is 5.31. The lowest BCUT2D eigenvalue weighted by molar-refractivity contribution is -0.134. The highest BCUT2D eigenvalue weighted by molar-refractivity contribution is 6.07. The van der Waals surface area contributed by atoms with Crippen LogP contribution in [-0.2, 0) is 16.0 Å². The normalized spacial score (nSPS) is 20.0. The fraction of sp³-hybridized carbons (Fsp3) is 0.355. The van der Waals surface area contributed by atoms with Crippen LogP contribution in [-0.4, -0.2) is 73.2 Å². The summed E-state index contributed by atoms with van der Waals surface area (Å²) in [4.78, 5) is 44.7. The van der Waals surface area contributed by atoms with Crippen LogP contribution in [0.4, 0.5) is 5.69 Å². The zero-order valence-corrected chi connectivity index (χ0v) is 23.2. The number of anilines is 1. The van der Waals surface area contributed by atoms with Crippen LogP contribution in [0.1, 0.15) is 45.5 Å². The lowest BCUT2D eigenvalue weighted by Crippen LogP contribution is -2.54. The second kappa shape index (κ2) is 12.8. The van der Waals surface area contributed by atoms with Crippen LogP contribution < -0.4 is 20.1 Å². The van der Waals surface area contributed by atoms with E-state index in [9.17, 15) is 14.4 Å². The summed E-state index contributed by atoms with van der Waals surface area (Å²) in [6.07, 6.45) is 5.17. The third kappa shape index (κ3) is 6.66. The molecule has 214 valence electrons. The minimum atomic E-state index is -0.370. The Morgan fingerprint density at radius 1 is 1.10 bits per heavy atom. The predicted molar refractivity (Wildman–Crippen MR) is 152 cm³/mol. The lowest BCUT2D eigenvalue weighted by atomic mass is 9.94. The summed E-state index contributed by atoms with van der Waals surface area (Å²) < 4.78 is 17.6. The number of pyridine rings is 1. The second-order valence-corrected chi connectivity index (χ2v) is 10.2. The van der Waals surface area contributed by atoms with E-state index in [1.807, 2.05) is 12.1 Å². The molecule has 3 aromatic rings. The number of nitrogens with zero attached hydrogens (tertiary/aromatic N) is 2. The molecule has 5 rings (SSSR count). The van der Waals surface area contributed by atoms with Crippen molar-refractivity contribution in [2.24, 2.45) is 0 Å². The Balaban J connectivity index is 1.20. The molecule has 0 radical (unpaired) electrons. The van der Waals surface area contributed by atoms with Gasteiger partial charge in [0, 0.05) is 31.7 Å². The number of fused-ring (bicyclic) bond motifs is 2. The number of methoxy groups -OCH3 is 1. The summed E-state index contributed by atoms with van der Waals surface area (Å²) in [5.41, 5.74) is 2.33. The van der Waals surface area contributed by atoms with Crippen molar-refractivity contribution in [3.63, 3.8) is 0 Å². The third-order valence-electron chi connectivity index (χ3n) is 7.52. The Kier molecular flexibility index (Phi) is 8.79. The molecule has 2 N–H and O–H groups in total. The van der Waals surface area contributed by atoms with E-state index in [2.05, 4.69) is 15.6 Å². The van der Waals surface area contributed by atoms with E-state index >= 15 is 0 Å². The first-order chi connectivity index (χ1) is 19.9. The molecule has 0 aliphatic carbocycles. The molecule has 1 fully saturated rings. The molecule has 2 aliphatic heterocycles. The van der Waals surface area contributed by atoms with Gasteiger partial charge in [0.25, 0.3) is 11.8 Å². The fourth-order valence-corrected chi connectivity index (χ4v) is 5.31. The number of para-hydroxylation sites is 1. The maximum atomic E-state index is 13.5. The number of nitrogens with one attached hydrogen (secondary N) is 2. The number of benzene rings is 2. The topological polar surface area (TPSA) is 119 Å². The first-order valence-corrected chi connectivity index (χ1v) is 13.7. The Morgan fingerprint density at radius 2 is 1.90 bits per heavy atom. The number of amides is 3. The highest BCUT2D eigenvalue weighted by Gasteiger charge is 2.39. The van der Waals surface area contributed by atoms with Crippen LogP contribution in [0.3, 0.4) is 0 Å². The van der Waals surface area contributed by atoms with Gasteiger partial charge in [-0.2, -0.15) is 0 Å². The number of hydrogen-bond acceptors (Lipinski definition) is 7. The van der Waals surface area contributed by atoms with Crippen molar-refractivity contribution in [3.8, 4) is 11.5 Å². The summed E-state index contributed by atoms with van der Waals surface area (Å²) >= 11 is 0. The molecule has 0 spiro atoms. The number of aromatic nitrogens is 1. The summed E-state index contributed by atoms with van der Waals surface area (Å²) in [5.74, 6) is 0.239. The number of carbonyl (C=O) groups excluding carboxylic acids is 3. The summed E-state index contributed by atoms with van der Waals surface area (Å²) in [6.45, 7) is 0.780. The lowest BCUT2D eigenvalue weighted by Gasteiger charge is -2.42. The molecule has 41 heavy (non-hydrogen) atoms. The van der Waals surface area contributed by atoms with E-state index < -0.39 is 0 Å². The molecule has 3 atom stereocenters. The second-order valence-electron chi connectivity index (χ2n) is 10.2. The number of carbonyl (C=O) groups is 3. The van der Waals surface area contributed by atoms with Crippen molar-refractivity contribution < 1.29 is 28.6 Å². The zero-order valence-electron chi connectivity index (χ0n) is 23.2. The van der Waals surface area contributed by atoms with Crippen molar-refractivity contribution >= 4 is 23.4 Å². The van der Waals surface area contributed by atoms with Gasteiger partial charge in [-0.25, -0.2) is 0 Å². The SMILES string of the molecule is COc1ccccc1C(=O)Nc1ccc2c(c1)C(=O)N(C)[C@H]1CC[C@H](CC(=O)NCCc3ccncc3)O[C@H]1CO2. The molecule has 1 saturated heterocycles. The van der Waals surface area contributed by atoms with Crippen LogP contribution in [0.25, 0.3) is 0 Å². The van der Waals surface area contributed by atoms with Gasteiger partial charge in [0.05, 0.1) is 36.8 Å². The predicted octanol–water partition coefficient (Wildman–Crippen LogP) is 3.47. The Hall–Kier alpha value is -4.44. The number of rotatable bonds is 8. The van der Waals surface area contributed by atoms with Gasteiger partial charge in [-0.15, -0.1) is 0 Å². The highest BCUT2D eigenvalue weighted by Crippen LogP contribution is 2.33. The van der Waals surface area contributed by atoms with Crippen LogP contribution in [0, 0.1) is 0 Å². The molecule has 10 nitrogen and oxygen atoms in total. The van der Waals surface area contributed by atoms with Crippen molar-refractivity contribution in [3.05, 3.63) is 83.7 Å². The van der Waals surface area contributed by atoms with Crippen molar-refractivity contribution in [1.29, 1.82) is 0 Å². The molecule has 2 aromatic carbocycles. The molecule has 10 heteroatoms. The van der Waals surface area contributed by atoms with Gasteiger partial charge in [0.2, 0.25) is 5.91 Å². The van der Waals surface area contributed by atoms with Crippen molar-refractivity contribution in [1.82, 2.24) is 15.2 Å². The minimum absolute atomic E-state index is 0.0632. The van der Waals surface area contributed by atoms with Crippen LogP contribution in [0.2, 0.25) is 0 Å². The van der Waals surface area contributed by atoms with Gasteiger partial charge in [0.1, 0.15) is 24.2 Å². The molecule has 0 saturated carbocycles. The molecule has 0 bridgehead atoms. The molecular weight excluding hydrogens is 524 g/mol. The Labute approximate surface area is 239 Å². The Morgan fingerprint density at radius 3 is 2.71 bits per heavy atom. The van der Waals surface area contributed by atoms with Crippen LogP contribution in [0.5, 0.6) is 11.5 Å². The van der Waals surface area contributed by atoms with Crippen LogP contribution in [0.15, 0.2) is 67.0 Å². The maximum Gasteiger partial charge on any atom is 0.259 e. The summed E-state index contributed by atoms with van der Waals surface area (Å²) in [6, 6.07) is 15.6.